The maximum atomic E-state index is 6.25. The highest BCUT2D eigenvalue weighted by Gasteiger charge is 2.18. The van der Waals surface area contributed by atoms with E-state index in [2.05, 4.69) is 181 Å². The highest BCUT2D eigenvalue weighted by molar-refractivity contribution is 6.06. The number of rotatable bonds is 6. The molecule has 0 unspecified atom stereocenters. The predicted molar refractivity (Wildman–Crippen MR) is 202 cm³/mol. The van der Waals surface area contributed by atoms with E-state index in [4.69, 9.17) is 4.42 Å². The van der Waals surface area contributed by atoms with Gasteiger partial charge < -0.3 is 9.32 Å². The van der Waals surface area contributed by atoms with Gasteiger partial charge in [-0.15, -0.1) is 0 Å². The number of hydrogen-bond acceptors (Lipinski definition) is 2. The fraction of sp³-hybridized carbons (Fsp3) is 0. The third-order valence-corrected chi connectivity index (χ3v) is 9.20. The summed E-state index contributed by atoms with van der Waals surface area (Å²) < 4.78 is 6.25. The molecule has 0 spiro atoms. The zero-order valence-electron chi connectivity index (χ0n) is 26.3. The first kappa shape index (κ1) is 27.9. The molecule has 2 heteroatoms. The van der Waals surface area contributed by atoms with Crippen molar-refractivity contribution in [3.8, 4) is 33.4 Å². The van der Waals surface area contributed by atoms with Gasteiger partial charge in [-0.05, 0) is 105 Å². The molecule has 0 radical (unpaired) electrons. The Bertz CT molecular complexity index is 2510. The van der Waals surface area contributed by atoms with Crippen LogP contribution in [-0.2, 0) is 0 Å². The van der Waals surface area contributed by atoms with Crippen molar-refractivity contribution in [2.45, 2.75) is 0 Å². The van der Waals surface area contributed by atoms with Gasteiger partial charge in [-0.25, -0.2) is 0 Å². The van der Waals surface area contributed by atoms with E-state index < -0.39 is 0 Å². The fourth-order valence-corrected chi connectivity index (χ4v) is 6.83. The van der Waals surface area contributed by atoms with Gasteiger partial charge in [0.1, 0.15) is 11.2 Å². The molecule has 0 atom stereocenters. The number of fused-ring (bicyclic) bond motifs is 4. The summed E-state index contributed by atoms with van der Waals surface area (Å²) in [5.74, 6) is 0. The van der Waals surface area contributed by atoms with Crippen LogP contribution in [0, 0.1) is 0 Å². The summed E-state index contributed by atoms with van der Waals surface area (Å²) in [6, 6.07) is 67.1. The lowest BCUT2D eigenvalue weighted by molar-refractivity contribution is 0.669. The van der Waals surface area contributed by atoms with E-state index in [-0.39, 0.29) is 0 Å². The van der Waals surface area contributed by atoms with Crippen LogP contribution in [0.3, 0.4) is 0 Å². The van der Waals surface area contributed by atoms with Crippen molar-refractivity contribution < 1.29 is 4.42 Å². The van der Waals surface area contributed by atoms with E-state index in [9.17, 15) is 0 Å². The van der Waals surface area contributed by atoms with Gasteiger partial charge in [0.2, 0.25) is 0 Å². The second-order valence-electron chi connectivity index (χ2n) is 12.2. The van der Waals surface area contributed by atoms with Crippen LogP contribution in [0.2, 0.25) is 0 Å². The fourth-order valence-electron chi connectivity index (χ4n) is 6.83. The summed E-state index contributed by atoms with van der Waals surface area (Å²) >= 11 is 0. The highest BCUT2D eigenvalue weighted by Crippen LogP contribution is 2.42. The van der Waals surface area contributed by atoms with E-state index in [1.165, 1.54) is 33.0 Å². The number of nitrogens with zero attached hydrogens (tertiary/aromatic N) is 1. The largest absolute Gasteiger partial charge is 0.456 e. The van der Waals surface area contributed by atoms with Gasteiger partial charge in [-0.2, -0.15) is 0 Å². The summed E-state index contributed by atoms with van der Waals surface area (Å²) in [5.41, 5.74) is 12.0. The molecule has 226 valence electrons. The molecular weight excluding hydrogens is 583 g/mol. The van der Waals surface area contributed by atoms with E-state index in [1.54, 1.807) is 0 Å². The van der Waals surface area contributed by atoms with Crippen LogP contribution in [0.25, 0.3) is 66.1 Å². The quantitative estimate of drug-likeness (QED) is 0.185. The van der Waals surface area contributed by atoms with Gasteiger partial charge in [0, 0.05) is 27.8 Å². The first-order valence-corrected chi connectivity index (χ1v) is 16.3. The van der Waals surface area contributed by atoms with Crippen LogP contribution in [-0.4, -0.2) is 0 Å². The Morgan fingerprint density at radius 2 is 0.875 bits per heavy atom. The second-order valence-corrected chi connectivity index (χ2v) is 12.2. The number of hydrogen-bond donors (Lipinski definition) is 0. The first-order chi connectivity index (χ1) is 23.8. The molecule has 1 aromatic heterocycles. The summed E-state index contributed by atoms with van der Waals surface area (Å²) in [5, 5.41) is 4.69. The van der Waals surface area contributed by atoms with E-state index in [1.807, 2.05) is 12.1 Å². The smallest absolute Gasteiger partial charge is 0.135 e. The molecule has 9 rings (SSSR count). The number of anilines is 3. The van der Waals surface area contributed by atoms with E-state index in [0.29, 0.717) is 0 Å². The molecule has 48 heavy (non-hydrogen) atoms. The Kier molecular flexibility index (Phi) is 6.84. The maximum absolute atomic E-state index is 6.25. The standard InChI is InChI=1S/C46H31NO/c1-3-12-32(13-4-1)38-27-39(33-14-5-2-6-15-33)30-42(29-38)47(41-24-25-46-44(31-41)43-20-9-10-21-45(43)48-46)40-19-11-18-36(28-40)37-23-22-34-16-7-8-17-35(34)26-37/h1-31H. The van der Waals surface area contributed by atoms with Crippen molar-refractivity contribution in [1.29, 1.82) is 0 Å². The van der Waals surface area contributed by atoms with E-state index in [0.717, 1.165) is 50.1 Å². The molecule has 0 aliphatic carbocycles. The van der Waals surface area contributed by atoms with Gasteiger partial charge in [0.25, 0.3) is 0 Å². The van der Waals surface area contributed by atoms with Crippen molar-refractivity contribution in [2.24, 2.45) is 0 Å². The molecule has 0 amide bonds. The maximum Gasteiger partial charge on any atom is 0.135 e. The lowest BCUT2D eigenvalue weighted by Gasteiger charge is -2.27. The Balaban J connectivity index is 1.28. The zero-order valence-corrected chi connectivity index (χ0v) is 26.3. The molecule has 9 aromatic rings. The van der Waals surface area contributed by atoms with Crippen molar-refractivity contribution in [2.75, 3.05) is 4.90 Å². The third kappa shape index (κ3) is 5.10. The summed E-state index contributed by atoms with van der Waals surface area (Å²) in [6.45, 7) is 0. The van der Waals surface area contributed by atoms with Crippen LogP contribution >= 0.6 is 0 Å². The van der Waals surface area contributed by atoms with Crippen LogP contribution < -0.4 is 4.90 Å². The van der Waals surface area contributed by atoms with Gasteiger partial charge in [0.05, 0.1) is 0 Å². The Labute approximate surface area is 279 Å². The topological polar surface area (TPSA) is 16.4 Å². The zero-order chi connectivity index (χ0) is 31.9. The minimum atomic E-state index is 0.882. The first-order valence-electron chi connectivity index (χ1n) is 16.3. The van der Waals surface area contributed by atoms with Crippen LogP contribution in [0.1, 0.15) is 0 Å². The summed E-state index contributed by atoms with van der Waals surface area (Å²) in [7, 11) is 0. The molecule has 0 saturated carbocycles. The van der Waals surface area contributed by atoms with Crippen LogP contribution in [0.5, 0.6) is 0 Å². The van der Waals surface area contributed by atoms with E-state index >= 15 is 0 Å². The van der Waals surface area contributed by atoms with Gasteiger partial charge in [-0.1, -0.05) is 127 Å². The summed E-state index contributed by atoms with van der Waals surface area (Å²) in [4.78, 5) is 2.38. The van der Waals surface area contributed by atoms with Crippen molar-refractivity contribution in [3.63, 3.8) is 0 Å². The summed E-state index contributed by atoms with van der Waals surface area (Å²) in [6.07, 6.45) is 0. The third-order valence-electron chi connectivity index (χ3n) is 9.20. The Morgan fingerprint density at radius 1 is 0.292 bits per heavy atom. The SMILES string of the molecule is c1ccc(-c2cc(-c3ccccc3)cc(N(c3cccc(-c4ccc5ccccc5c4)c3)c3ccc4oc5ccccc5c4c3)c2)cc1. The molecule has 0 aliphatic rings. The number of benzene rings is 8. The predicted octanol–water partition coefficient (Wildman–Crippen LogP) is 13.2. The van der Waals surface area contributed by atoms with Crippen molar-refractivity contribution in [3.05, 3.63) is 188 Å². The molecule has 8 aromatic carbocycles. The van der Waals surface area contributed by atoms with Crippen molar-refractivity contribution in [1.82, 2.24) is 0 Å². The normalized spacial score (nSPS) is 11.3. The molecular formula is C46H31NO. The Morgan fingerprint density at radius 3 is 1.65 bits per heavy atom. The highest BCUT2D eigenvalue weighted by atomic mass is 16.3. The molecule has 2 nitrogen and oxygen atoms in total. The van der Waals surface area contributed by atoms with Gasteiger partial charge in [-0.3, -0.25) is 0 Å². The van der Waals surface area contributed by atoms with Crippen LogP contribution in [0.15, 0.2) is 192 Å². The average Bonchev–Trinajstić information content (AvgIpc) is 3.54. The van der Waals surface area contributed by atoms with Crippen LogP contribution in [0.4, 0.5) is 17.1 Å². The number of furan rings is 1. The molecule has 1 heterocycles. The monoisotopic (exact) mass is 613 g/mol. The van der Waals surface area contributed by atoms with Crippen molar-refractivity contribution >= 4 is 49.8 Å². The molecule has 0 bridgehead atoms. The van der Waals surface area contributed by atoms with Gasteiger partial charge >= 0.3 is 0 Å². The minimum Gasteiger partial charge on any atom is -0.456 e. The van der Waals surface area contributed by atoms with Gasteiger partial charge in [0.15, 0.2) is 0 Å². The molecule has 0 aliphatic heterocycles. The average molecular weight is 614 g/mol. The lowest BCUT2D eigenvalue weighted by atomic mass is 9.97. The molecule has 0 N–H and O–H groups in total. The minimum absolute atomic E-state index is 0.882. The molecule has 0 saturated heterocycles. The second kappa shape index (κ2) is 11.8. The lowest BCUT2D eigenvalue weighted by Crippen LogP contribution is -2.10. The molecule has 0 fully saturated rings. The Hall–Kier alpha value is -6.38. The number of para-hydroxylation sites is 1.